The van der Waals surface area contributed by atoms with Crippen molar-refractivity contribution in [3.8, 4) is 11.5 Å². The molecule has 0 aliphatic rings. The van der Waals surface area contributed by atoms with E-state index in [1.165, 1.54) is 0 Å². The van der Waals surface area contributed by atoms with Crippen molar-refractivity contribution < 1.29 is 14.3 Å². The van der Waals surface area contributed by atoms with Crippen molar-refractivity contribution in [3.05, 3.63) is 23.8 Å². The van der Waals surface area contributed by atoms with Crippen LogP contribution in [0.2, 0.25) is 0 Å². The Morgan fingerprint density at radius 3 is 2.52 bits per heavy atom. The highest BCUT2D eigenvalue weighted by molar-refractivity contribution is 5.76. The highest BCUT2D eigenvalue weighted by atomic mass is 16.5. The number of benzene rings is 1. The van der Waals surface area contributed by atoms with Gasteiger partial charge in [-0.2, -0.15) is 0 Å². The maximum absolute atomic E-state index is 11.6. The van der Waals surface area contributed by atoms with E-state index in [1.807, 2.05) is 18.2 Å². The molecule has 0 radical (unpaired) electrons. The Kier molecular flexibility index (Phi) is 7.61. The molecule has 118 valence electrons. The predicted molar refractivity (Wildman–Crippen MR) is 83.7 cm³/mol. The average molecular weight is 294 g/mol. The minimum absolute atomic E-state index is 0.0866. The van der Waals surface area contributed by atoms with E-state index in [0.29, 0.717) is 36.9 Å². The Morgan fingerprint density at radius 2 is 1.90 bits per heavy atom. The molecule has 1 amide bonds. The topological polar surface area (TPSA) is 59.6 Å². The van der Waals surface area contributed by atoms with Gasteiger partial charge in [0.25, 0.3) is 0 Å². The third-order valence-corrected chi connectivity index (χ3v) is 3.01. The molecule has 0 aliphatic heterocycles. The number of hydrogen-bond acceptors (Lipinski definition) is 4. The summed E-state index contributed by atoms with van der Waals surface area (Å²) in [6, 6.07) is 5.79. The van der Waals surface area contributed by atoms with Crippen molar-refractivity contribution >= 4 is 5.91 Å². The fourth-order valence-electron chi connectivity index (χ4n) is 1.83. The quantitative estimate of drug-likeness (QED) is 0.684. The van der Waals surface area contributed by atoms with Gasteiger partial charge in [0.15, 0.2) is 11.5 Å². The number of hydrogen-bond donors (Lipinski definition) is 2. The first-order chi connectivity index (χ1) is 10.1. The maximum Gasteiger partial charge on any atom is 0.221 e. The summed E-state index contributed by atoms with van der Waals surface area (Å²) in [6.07, 6.45) is 0.486. The number of carbonyl (C=O) groups is 1. The summed E-state index contributed by atoms with van der Waals surface area (Å²) in [6.45, 7) is 6.23. The van der Waals surface area contributed by atoms with Crippen molar-refractivity contribution in [1.82, 2.24) is 10.6 Å². The SMILES string of the molecule is COc1ccc(CNCCC(=O)NCC(C)C)cc1OC. The molecule has 1 aromatic rings. The second kappa shape index (κ2) is 9.23. The molecule has 0 aliphatic carbocycles. The fraction of sp³-hybridized carbons (Fsp3) is 0.562. The Balaban J connectivity index is 2.31. The number of amides is 1. The third kappa shape index (κ3) is 6.49. The third-order valence-electron chi connectivity index (χ3n) is 3.01. The maximum atomic E-state index is 11.6. The molecule has 0 heterocycles. The molecule has 0 aromatic heterocycles. The average Bonchev–Trinajstić information content (AvgIpc) is 2.49. The van der Waals surface area contributed by atoms with Crippen molar-refractivity contribution in [2.75, 3.05) is 27.3 Å². The minimum Gasteiger partial charge on any atom is -0.493 e. The van der Waals surface area contributed by atoms with Crippen LogP contribution < -0.4 is 20.1 Å². The second-order valence-corrected chi connectivity index (χ2v) is 5.31. The normalized spacial score (nSPS) is 10.5. The number of methoxy groups -OCH3 is 2. The van der Waals surface area contributed by atoms with Crippen LogP contribution in [0.25, 0.3) is 0 Å². The van der Waals surface area contributed by atoms with E-state index >= 15 is 0 Å². The van der Waals surface area contributed by atoms with Gasteiger partial charge in [0.05, 0.1) is 14.2 Å². The summed E-state index contributed by atoms with van der Waals surface area (Å²) >= 11 is 0. The Bertz CT molecular complexity index is 447. The van der Waals surface area contributed by atoms with Gasteiger partial charge in [-0.15, -0.1) is 0 Å². The predicted octanol–water partition coefficient (Wildman–Crippen LogP) is 1.96. The summed E-state index contributed by atoms with van der Waals surface area (Å²) < 4.78 is 10.5. The molecular formula is C16H26N2O3. The van der Waals surface area contributed by atoms with Crippen molar-refractivity contribution in [2.24, 2.45) is 5.92 Å². The van der Waals surface area contributed by atoms with Gasteiger partial charge < -0.3 is 20.1 Å². The number of ether oxygens (including phenoxy) is 2. The van der Waals surface area contributed by atoms with Gasteiger partial charge in [0, 0.05) is 26.1 Å². The van der Waals surface area contributed by atoms with Gasteiger partial charge in [-0.05, 0) is 23.6 Å². The summed E-state index contributed by atoms with van der Waals surface area (Å²) in [5.41, 5.74) is 1.09. The van der Waals surface area contributed by atoms with E-state index in [2.05, 4.69) is 24.5 Å². The smallest absolute Gasteiger partial charge is 0.221 e. The van der Waals surface area contributed by atoms with Gasteiger partial charge in [-0.25, -0.2) is 0 Å². The first kappa shape index (κ1) is 17.3. The van der Waals surface area contributed by atoms with Gasteiger partial charge in [0.2, 0.25) is 5.91 Å². The molecule has 1 aromatic carbocycles. The summed E-state index contributed by atoms with van der Waals surface area (Å²) in [4.78, 5) is 11.6. The zero-order valence-corrected chi connectivity index (χ0v) is 13.4. The molecule has 0 spiro atoms. The molecule has 21 heavy (non-hydrogen) atoms. The van der Waals surface area contributed by atoms with E-state index in [1.54, 1.807) is 14.2 Å². The van der Waals surface area contributed by atoms with Crippen LogP contribution in [0.4, 0.5) is 0 Å². The molecule has 0 atom stereocenters. The second-order valence-electron chi connectivity index (χ2n) is 5.31. The van der Waals surface area contributed by atoms with Crippen LogP contribution in [0.1, 0.15) is 25.8 Å². The largest absolute Gasteiger partial charge is 0.493 e. The molecular weight excluding hydrogens is 268 g/mol. The van der Waals surface area contributed by atoms with E-state index < -0.39 is 0 Å². The van der Waals surface area contributed by atoms with Gasteiger partial charge in [-0.1, -0.05) is 19.9 Å². The molecule has 0 fully saturated rings. The number of carbonyl (C=O) groups excluding carboxylic acids is 1. The van der Waals surface area contributed by atoms with E-state index in [-0.39, 0.29) is 5.91 Å². The van der Waals surface area contributed by atoms with Crippen molar-refractivity contribution in [1.29, 1.82) is 0 Å². The van der Waals surface area contributed by atoms with E-state index in [4.69, 9.17) is 9.47 Å². The number of nitrogens with one attached hydrogen (secondary N) is 2. The molecule has 5 heteroatoms. The Hall–Kier alpha value is -1.75. The molecule has 1 rings (SSSR count). The van der Waals surface area contributed by atoms with Crippen LogP contribution in [0, 0.1) is 5.92 Å². The van der Waals surface area contributed by atoms with E-state index in [9.17, 15) is 4.79 Å². The molecule has 2 N–H and O–H groups in total. The van der Waals surface area contributed by atoms with Crippen LogP contribution in [-0.2, 0) is 11.3 Å². The van der Waals surface area contributed by atoms with Gasteiger partial charge in [0.1, 0.15) is 0 Å². The zero-order chi connectivity index (χ0) is 15.7. The lowest BCUT2D eigenvalue weighted by Gasteiger charge is -2.11. The summed E-state index contributed by atoms with van der Waals surface area (Å²) in [5.74, 6) is 2.00. The molecule has 0 bridgehead atoms. The monoisotopic (exact) mass is 294 g/mol. The van der Waals surface area contributed by atoms with Crippen molar-refractivity contribution in [2.45, 2.75) is 26.8 Å². The lowest BCUT2D eigenvalue weighted by atomic mass is 10.2. The van der Waals surface area contributed by atoms with Gasteiger partial charge in [-0.3, -0.25) is 4.79 Å². The van der Waals surface area contributed by atoms with Crippen LogP contribution in [-0.4, -0.2) is 33.2 Å². The Labute approximate surface area is 127 Å². The lowest BCUT2D eigenvalue weighted by molar-refractivity contribution is -0.121. The van der Waals surface area contributed by atoms with Crippen LogP contribution >= 0.6 is 0 Å². The van der Waals surface area contributed by atoms with E-state index in [0.717, 1.165) is 12.1 Å². The van der Waals surface area contributed by atoms with Crippen molar-refractivity contribution in [3.63, 3.8) is 0 Å². The highest BCUT2D eigenvalue weighted by Crippen LogP contribution is 2.27. The molecule has 0 unspecified atom stereocenters. The standard InChI is InChI=1S/C16H26N2O3/c1-12(2)10-18-16(19)7-8-17-11-13-5-6-14(20-3)15(9-13)21-4/h5-6,9,12,17H,7-8,10-11H2,1-4H3,(H,18,19). The van der Waals surface area contributed by atoms with Crippen LogP contribution in [0.5, 0.6) is 11.5 Å². The Morgan fingerprint density at radius 1 is 1.19 bits per heavy atom. The van der Waals surface area contributed by atoms with Crippen LogP contribution in [0.3, 0.4) is 0 Å². The first-order valence-corrected chi connectivity index (χ1v) is 7.25. The highest BCUT2D eigenvalue weighted by Gasteiger charge is 2.05. The summed E-state index contributed by atoms with van der Waals surface area (Å²) in [5, 5.41) is 6.15. The minimum atomic E-state index is 0.0866. The molecule has 5 nitrogen and oxygen atoms in total. The lowest BCUT2D eigenvalue weighted by Crippen LogP contribution is -2.30. The molecule has 0 saturated carbocycles. The fourth-order valence-corrected chi connectivity index (χ4v) is 1.83. The molecule has 0 saturated heterocycles. The zero-order valence-electron chi connectivity index (χ0n) is 13.4. The van der Waals surface area contributed by atoms with Crippen LogP contribution in [0.15, 0.2) is 18.2 Å². The number of rotatable bonds is 9. The first-order valence-electron chi connectivity index (χ1n) is 7.25. The van der Waals surface area contributed by atoms with Gasteiger partial charge >= 0.3 is 0 Å². The summed E-state index contributed by atoms with van der Waals surface area (Å²) in [7, 11) is 3.24.